The Balaban J connectivity index is 1.79. The first-order valence-electron chi connectivity index (χ1n) is 5.45. The third kappa shape index (κ3) is 2.55. The van der Waals surface area contributed by atoms with Crippen molar-refractivity contribution in [1.82, 2.24) is 10.3 Å². The zero-order valence-corrected chi connectivity index (χ0v) is 9.52. The molecule has 1 fully saturated rings. The summed E-state index contributed by atoms with van der Waals surface area (Å²) >= 11 is 1.78. The van der Waals surface area contributed by atoms with Gasteiger partial charge >= 0.3 is 0 Å². The molecule has 3 heteroatoms. The lowest BCUT2D eigenvalue weighted by Crippen LogP contribution is -2.35. The maximum Gasteiger partial charge on any atom is 0.0924 e. The Bertz CT molecular complexity index is 258. The van der Waals surface area contributed by atoms with Crippen LogP contribution in [0.3, 0.4) is 0 Å². The predicted molar refractivity (Wildman–Crippen MR) is 60.6 cm³/mol. The first kappa shape index (κ1) is 10.1. The second-order valence-corrected chi connectivity index (χ2v) is 5.17. The largest absolute Gasteiger partial charge is 0.316 e. The van der Waals surface area contributed by atoms with Gasteiger partial charge in [0.05, 0.1) is 5.01 Å². The van der Waals surface area contributed by atoms with Crippen molar-refractivity contribution in [3.63, 3.8) is 0 Å². The van der Waals surface area contributed by atoms with Gasteiger partial charge in [0, 0.05) is 11.6 Å². The van der Waals surface area contributed by atoms with Crippen LogP contribution in [-0.2, 0) is 6.42 Å². The fourth-order valence-electron chi connectivity index (χ4n) is 2.13. The molecule has 2 atom stereocenters. The molecule has 1 N–H and O–H groups in total. The van der Waals surface area contributed by atoms with Gasteiger partial charge in [-0.05, 0) is 44.2 Å². The Labute approximate surface area is 89.8 Å². The van der Waals surface area contributed by atoms with Gasteiger partial charge in [0.15, 0.2) is 0 Å². The Morgan fingerprint density at radius 3 is 3.29 bits per heavy atom. The molecule has 2 heterocycles. The van der Waals surface area contributed by atoms with E-state index >= 15 is 0 Å². The molecule has 0 aromatic carbocycles. The summed E-state index contributed by atoms with van der Waals surface area (Å²) in [5.74, 6) is 1.74. The van der Waals surface area contributed by atoms with Crippen molar-refractivity contribution >= 4 is 11.3 Å². The third-order valence-electron chi connectivity index (χ3n) is 3.20. The molecular formula is C11H18N2S. The fourth-order valence-corrected chi connectivity index (χ4v) is 2.76. The molecule has 1 aromatic heterocycles. The summed E-state index contributed by atoms with van der Waals surface area (Å²) in [6.45, 7) is 4.79. The van der Waals surface area contributed by atoms with Gasteiger partial charge in [-0.15, -0.1) is 11.3 Å². The molecular weight excluding hydrogens is 192 g/mol. The van der Waals surface area contributed by atoms with E-state index < -0.39 is 0 Å². The third-order valence-corrected chi connectivity index (χ3v) is 4.04. The molecule has 0 aliphatic carbocycles. The lowest BCUT2D eigenvalue weighted by atomic mass is 9.85. The van der Waals surface area contributed by atoms with Crippen LogP contribution < -0.4 is 5.32 Å². The molecule has 0 bridgehead atoms. The Morgan fingerprint density at radius 2 is 2.57 bits per heavy atom. The maximum absolute atomic E-state index is 4.32. The second kappa shape index (κ2) is 4.89. The first-order valence-corrected chi connectivity index (χ1v) is 6.33. The van der Waals surface area contributed by atoms with Crippen LogP contribution in [0.1, 0.15) is 24.8 Å². The first-order chi connectivity index (χ1) is 6.86. The zero-order chi connectivity index (χ0) is 9.80. The van der Waals surface area contributed by atoms with Crippen molar-refractivity contribution in [3.05, 3.63) is 16.6 Å². The number of nitrogens with zero attached hydrogens (tertiary/aromatic N) is 1. The van der Waals surface area contributed by atoms with Gasteiger partial charge in [0.25, 0.3) is 0 Å². The second-order valence-electron chi connectivity index (χ2n) is 4.19. The van der Waals surface area contributed by atoms with Crippen molar-refractivity contribution in [2.75, 3.05) is 13.1 Å². The number of piperidine rings is 1. The van der Waals surface area contributed by atoms with Crippen molar-refractivity contribution in [3.8, 4) is 0 Å². The molecule has 1 aromatic rings. The highest BCUT2D eigenvalue weighted by atomic mass is 32.1. The maximum atomic E-state index is 4.32. The van der Waals surface area contributed by atoms with E-state index in [1.807, 2.05) is 6.20 Å². The number of nitrogens with one attached hydrogen (secondary N) is 1. The van der Waals surface area contributed by atoms with E-state index in [9.17, 15) is 0 Å². The molecule has 2 unspecified atom stereocenters. The van der Waals surface area contributed by atoms with E-state index in [4.69, 9.17) is 0 Å². The minimum atomic E-state index is 0.854. The number of rotatable bonds is 3. The van der Waals surface area contributed by atoms with Crippen molar-refractivity contribution in [1.29, 1.82) is 0 Å². The van der Waals surface area contributed by atoms with Gasteiger partial charge in [-0.25, -0.2) is 4.98 Å². The summed E-state index contributed by atoms with van der Waals surface area (Å²) < 4.78 is 0. The van der Waals surface area contributed by atoms with Crippen LogP contribution in [0.4, 0.5) is 0 Å². The van der Waals surface area contributed by atoms with Gasteiger partial charge in [0.2, 0.25) is 0 Å². The molecule has 1 aliphatic heterocycles. The van der Waals surface area contributed by atoms with Crippen LogP contribution in [0, 0.1) is 11.8 Å². The SMILES string of the molecule is CC1CCNCC1CCc1nccs1. The van der Waals surface area contributed by atoms with E-state index in [1.54, 1.807) is 11.3 Å². The van der Waals surface area contributed by atoms with Crippen LogP contribution in [0.25, 0.3) is 0 Å². The Morgan fingerprint density at radius 1 is 1.64 bits per heavy atom. The van der Waals surface area contributed by atoms with Gasteiger partial charge < -0.3 is 5.32 Å². The Kier molecular flexibility index (Phi) is 3.54. The van der Waals surface area contributed by atoms with E-state index in [-0.39, 0.29) is 0 Å². The lowest BCUT2D eigenvalue weighted by Gasteiger charge is -2.29. The van der Waals surface area contributed by atoms with Crippen LogP contribution >= 0.6 is 11.3 Å². The number of hydrogen-bond donors (Lipinski definition) is 1. The van der Waals surface area contributed by atoms with Crippen molar-refractivity contribution in [2.45, 2.75) is 26.2 Å². The minimum absolute atomic E-state index is 0.854. The van der Waals surface area contributed by atoms with Crippen LogP contribution in [0.2, 0.25) is 0 Å². The lowest BCUT2D eigenvalue weighted by molar-refractivity contribution is 0.260. The molecule has 0 spiro atoms. The van der Waals surface area contributed by atoms with Crippen LogP contribution in [0.5, 0.6) is 0 Å². The average Bonchev–Trinajstić information content (AvgIpc) is 2.69. The summed E-state index contributed by atoms with van der Waals surface area (Å²) in [6, 6.07) is 0. The standard InChI is InChI=1S/C11H18N2S/c1-9-4-5-12-8-10(9)2-3-11-13-6-7-14-11/h6-7,9-10,12H,2-5,8H2,1H3. The number of aromatic nitrogens is 1. The van der Waals surface area contributed by atoms with Crippen molar-refractivity contribution in [2.24, 2.45) is 11.8 Å². The molecule has 1 saturated heterocycles. The highest BCUT2D eigenvalue weighted by Gasteiger charge is 2.20. The molecule has 0 amide bonds. The quantitative estimate of drug-likeness (QED) is 0.828. The molecule has 2 nitrogen and oxygen atoms in total. The zero-order valence-electron chi connectivity index (χ0n) is 8.70. The van der Waals surface area contributed by atoms with Gasteiger partial charge in [-0.2, -0.15) is 0 Å². The predicted octanol–water partition coefficient (Wildman–Crippen LogP) is 2.32. The highest BCUT2D eigenvalue weighted by molar-refractivity contribution is 7.09. The summed E-state index contributed by atoms with van der Waals surface area (Å²) in [5, 5.41) is 6.84. The monoisotopic (exact) mass is 210 g/mol. The normalized spacial score (nSPS) is 27.8. The van der Waals surface area contributed by atoms with E-state index in [0.29, 0.717) is 0 Å². The van der Waals surface area contributed by atoms with E-state index in [0.717, 1.165) is 18.3 Å². The Hall–Kier alpha value is -0.410. The van der Waals surface area contributed by atoms with Gasteiger partial charge in [0.1, 0.15) is 0 Å². The van der Waals surface area contributed by atoms with E-state index in [2.05, 4.69) is 22.6 Å². The minimum Gasteiger partial charge on any atom is -0.316 e. The average molecular weight is 210 g/mol. The number of hydrogen-bond acceptors (Lipinski definition) is 3. The molecule has 1 aliphatic rings. The molecule has 14 heavy (non-hydrogen) atoms. The number of thiazole rings is 1. The summed E-state index contributed by atoms with van der Waals surface area (Å²) in [4.78, 5) is 4.32. The summed E-state index contributed by atoms with van der Waals surface area (Å²) in [5.41, 5.74) is 0. The molecule has 2 rings (SSSR count). The van der Waals surface area contributed by atoms with Crippen LogP contribution in [-0.4, -0.2) is 18.1 Å². The molecule has 0 radical (unpaired) electrons. The fraction of sp³-hybridized carbons (Fsp3) is 0.727. The molecule has 78 valence electrons. The van der Waals surface area contributed by atoms with Crippen molar-refractivity contribution < 1.29 is 0 Å². The van der Waals surface area contributed by atoms with Gasteiger partial charge in [-0.1, -0.05) is 6.92 Å². The smallest absolute Gasteiger partial charge is 0.0924 e. The summed E-state index contributed by atoms with van der Waals surface area (Å²) in [7, 11) is 0. The molecule has 0 saturated carbocycles. The topological polar surface area (TPSA) is 24.9 Å². The van der Waals surface area contributed by atoms with E-state index in [1.165, 1.54) is 30.9 Å². The number of aryl methyl sites for hydroxylation is 1. The van der Waals surface area contributed by atoms with Crippen LogP contribution in [0.15, 0.2) is 11.6 Å². The van der Waals surface area contributed by atoms with Gasteiger partial charge in [-0.3, -0.25) is 0 Å². The summed E-state index contributed by atoms with van der Waals surface area (Å²) in [6.07, 6.45) is 5.70. The highest BCUT2D eigenvalue weighted by Crippen LogP contribution is 2.23.